The van der Waals surface area contributed by atoms with E-state index in [-0.39, 0.29) is 30.0 Å². The van der Waals surface area contributed by atoms with Gasteiger partial charge in [-0.05, 0) is 26.8 Å². The zero-order valence-corrected chi connectivity index (χ0v) is 11.3. The highest BCUT2D eigenvalue weighted by molar-refractivity contribution is 5.94. The first-order valence-corrected chi connectivity index (χ1v) is 5.99. The van der Waals surface area contributed by atoms with Crippen LogP contribution in [0.4, 0.5) is 4.39 Å². The molecule has 19 heavy (non-hydrogen) atoms. The van der Waals surface area contributed by atoms with Crippen molar-refractivity contribution in [3.05, 3.63) is 29.8 Å². The van der Waals surface area contributed by atoms with Crippen LogP contribution >= 0.6 is 0 Å². The highest BCUT2D eigenvalue weighted by Crippen LogP contribution is 2.01. The Morgan fingerprint density at radius 3 is 2.63 bits per heavy atom. The van der Waals surface area contributed by atoms with Crippen LogP contribution in [0, 0.1) is 5.95 Å². The first-order chi connectivity index (χ1) is 8.78. The maximum atomic E-state index is 12.8. The van der Waals surface area contributed by atoms with E-state index in [0.29, 0.717) is 0 Å². The lowest BCUT2D eigenvalue weighted by molar-refractivity contribution is -0.122. The number of hydrogen-bond donors (Lipinski definition) is 2. The molecule has 0 unspecified atom stereocenters. The van der Waals surface area contributed by atoms with Crippen molar-refractivity contribution in [3.8, 4) is 0 Å². The normalized spacial score (nSPS) is 10.9. The predicted octanol–water partition coefficient (Wildman–Crippen LogP) is 1.26. The van der Waals surface area contributed by atoms with Crippen molar-refractivity contribution >= 4 is 11.8 Å². The molecule has 0 aliphatic carbocycles. The molecule has 6 heteroatoms. The Balaban J connectivity index is 2.37. The van der Waals surface area contributed by atoms with Crippen LogP contribution in [-0.4, -0.2) is 28.9 Å². The summed E-state index contributed by atoms with van der Waals surface area (Å²) in [6, 6.07) is 2.46. The van der Waals surface area contributed by atoms with Crippen molar-refractivity contribution in [2.45, 2.75) is 32.7 Å². The topological polar surface area (TPSA) is 71.1 Å². The van der Waals surface area contributed by atoms with E-state index < -0.39 is 11.9 Å². The van der Waals surface area contributed by atoms with Gasteiger partial charge < -0.3 is 10.6 Å². The molecular weight excluding hydrogens is 249 g/mol. The molecule has 0 fully saturated rings. The van der Waals surface area contributed by atoms with Gasteiger partial charge in [0.05, 0.1) is 0 Å². The number of amides is 2. The minimum absolute atomic E-state index is 0.145. The van der Waals surface area contributed by atoms with Gasteiger partial charge in [0.25, 0.3) is 5.91 Å². The van der Waals surface area contributed by atoms with Gasteiger partial charge in [-0.25, -0.2) is 4.98 Å². The molecule has 0 radical (unpaired) electrons. The number of aromatic nitrogens is 1. The van der Waals surface area contributed by atoms with Crippen LogP contribution in [-0.2, 0) is 4.79 Å². The zero-order chi connectivity index (χ0) is 14.5. The molecule has 0 aliphatic rings. The van der Waals surface area contributed by atoms with Gasteiger partial charge in [0.1, 0.15) is 0 Å². The SMILES string of the molecule is CC(C)(C)NC(=O)CCNC(=O)c1ccnc(F)c1. The summed E-state index contributed by atoms with van der Waals surface area (Å²) < 4.78 is 12.8. The predicted molar refractivity (Wildman–Crippen MR) is 69.0 cm³/mol. The summed E-state index contributed by atoms with van der Waals surface area (Å²) in [7, 11) is 0. The third-order valence-electron chi connectivity index (χ3n) is 2.14. The molecule has 0 aliphatic heterocycles. The molecule has 1 aromatic heterocycles. The van der Waals surface area contributed by atoms with Crippen molar-refractivity contribution in [2.24, 2.45) is 0 Å². The van der Waals surface area contributed by atoms with E-state index in [0.717, 1.165) is 6.07 Å². The van der Waals surface area contributed by atoms with Crippen LogP contribution in [0.5, 0.6) is 0 Å². The fourth-order valence-corrected chi connectivity index (χ4v) is 1.42. The maximum Gasteiger partial charge on any atom is 0.251 e. The second-order valence-electron chi connectivity index (χ2n) is 5.17. The van der Waals surface area contributed by atoms with Gasteiger partial charge in [0.2, 0.25) is 11.9 Å². The van der Waals surface area contributed by atoms with Crippen molar-refractivity contribution in [1.29, 1.82) is 0 Å². The van der Waals surface area contributed by atoms with Gasteiger partial charge in [-0.3, -0.25) is 9.59 Å². The molecule has 0 atom stereocenters. The molecular formula is C13H18FN3O2. The molecule has 0 saturated heterocycles. The van der Waals surface area contributed by atoms with E-state index in [2.05, 4.69) is 15.6 Å². The van der Waals surface area contributed by atoms with Crippen molar-refractivity contribution in [2.75, 3.05) is 6.54 Å². The highest BCUT2D eigenvalue weighted by Gasteiger charge is 2.13. The van der Waals surface area contributed by atoms with Gasteiger partial charge in [-0.2, -0.15) is 4.39 Å². The Hall–Kier alpha value is -1.98. The second-order valence-corrected chi connectivity index (χ2v) is 5.17. The Morgan fingerprint density at radius 1 is 1.37 bits per heavy atom. The molecule has 2 N–H and O–H groups in total. The summed E-state index contributed by atoms with van der Waals surface area (Å²) in [5.74, 6) is -1.28. The number of halogens is 1. The van der Waals surface area contributed by atoms with Gasteiger partial charge in [0.15, 0.2) is 0 Å². The Bertz CT molecular complexity index is 469. The summed E-state index contributed by atoms with van der Waals surface area (Å²) >= 11 is 0. The number of pyridine rings is 1. The molecule has 0 aromatic carbocycles. The quantitative estimate of drug-likeness (QED) is 0.807. The molecule has 104 valence electrons. The van der Waals surface area contributed by atoms with E-state index >= 15 is 0 Å². The fourth-order valence-electron chi connectivity index (χ4n) is 1.42. The highest BCUT2D eigenvalue weighted by atomic mass is 19.1. The Labute approximate surface area is 111 Å². The average molecular weight is 267 g/mol. The zero-order valence-electron chi connectivity index (χ0n) is 11.3. The van der Waals surface area contributed by atoms with Crippen LogP contribution in [0.25, 0.3) is 0 Å². The van der Waals surface area contributed by atoms with Gasteiger partial charge in [0, 0.05) is 36.3 Å². The number of carbonyl (C=O) groups is 2. The van der Waals surface area contributed by atoms with E-state index in [1.807, 2.05) is 20.8 Å². The summed E-state index contributed by atoms with van der Waals surface area (Å²) in [6.07, 6.45) is 1.40. The largest absolute Gasteiger partial charge is 0.352 e. The van der Waals surface area contributed by atoms with Gasteiger partial charge >= 0.3 is 0 Å². The molecule has 1 heterocycles. The number of nitrogens with one attached hydrogen (secondary N) is 2. The monoisotopic (exact) mass is 267 g/mol. The van der Waals surface area contributed by atoms with Crippen molar-refractivity contribution in [1.82, 2.24) is 15.6 Å². The molecule has 5 nitrogen and oxygen atoms in total. The lowest BCUT2D eigenvalue weighted by Gasteiger charge is -2.20. The smallest absolute Gasteiger partial charge is 0.251 e. The Morgan fingerprint density at radius 2 is 2.05 bits per heavy atom. The van der Waals surface area contributed by atoms with Crippen LogP contribution in [0.15, 0.2) is 18.3 Å². The lowest BCUT2D eigenvalue weighted by atomic mass is 10.1. The number of nitrogens with zero attached hydrogens (tertiary/aromatic N) is 1. The number of rotatable bonds is 4. The number of carbonyl (C=O) groups excluding carboxylic acids is 2. The summed E-state index contributed by atoms with van der Waals surface area (Å²) in [6.45, 7) is 5.83. The third-order valence-corrected chi connectivity index (χ3v) is 2.14. The van der Waals surface area contributed by atoms with Crippen molar-refractivity contribution < 1.29 is 14.0 Å². The standard InChI is InChI=1S/C13H18FN3O2/c1-13(2,3)17-11(18)5-7-16-12(19)9-4-6-15-10(14)8-9/h4,6,8H,5,7H2,1-3H3,(H,16,19)(H,17,18). The molecule has 0 spiro atoms. The van der Waals surface area contributed by atoms with Crippen LogP contribution in [0.2, 0.25) is 0 Å². The van der Waals surface area contributed by atoms with Crippen LogP contribution in [0.3, 0.4) is 0 Å². The van der Waals surface area contributed by atoms with Gasteiger partial charge in [-0.1, -0.05) is 0 Å². The second kappa shape index (κ2) is 6.26. The first-order valence-electron chi connectivity index (χ1n) is 5.99. The number of hydrogen-bond acceptors (Lipinski definition) is 3. The molecule has 2 amide bonds. The van der Waals surface area contributed by atoms with E-state index in [1.54, 1.807) is 0 Å². The lowest BCUT2D eigenvalue weighted by Crippen LogP contribution is -2.42. The summed E-state index contributed by atoms with van der Waals surface area (Å²) in [4.78, 5) is 26.5. The summed E-state index contributed by atoms with van der Waals surface area (Å²) in [5.41, 5.74) is -0.112. The Kier molecular flexibility index (Phi) is 4.97. The minimum atomic E-state index is -0.710. The molecule has 1 aromatic rings. The van der Waals surface area contributed by atoms with E-state index in [1.165, 1.54) is 12.3 Å². The minimum Gasteiger partial charge on any atom is -0.352 e. The third kappa shape index (κ3) is 5.94. The van der Waals surface area contributed by atoms with E-state index in [9.17, 15) is 14.0 Å². The molecule has 1 rings (SSSR count). The molecule has 0 bridgehead atoms. The fraction of sp³-hybridized carbons (Fsp3) is 0.462. The maximum absolute atomic E-state index is 12.8. The average Bonchev–Trinajstić information content (AvgIpc) is 2.26. The van der Waals surface area contributed by atoms with Crippen LogP contribution < -0.4 is 10.6 Å². The van der Waals surface area contributed by atoms with Gasteiger partial charge in [-0.15, -0.1) is 0 Å². The first kappa shape index (κ1) is 15.1. The van der Waals surface area contributed by atoms with Crippen LogP contribution in [0.1, 0.15) is 37.6 Å². The van der Waals surface area contributed by atoms with Crippen molar-refractivity contribution in [3.63, 3.8) is 0 Å². The summed E-state index contributed by atoms with van der Waals surface area (Å²) in [5, 5.41) is 5.33. The molecule has 0 saturated carbocycles. The van der Waals surface area contributed by atoms with E-state index in [4.69, 9.17) is 0 Å².